The molecule has 122 valence electrons. The first-order chi connectivity index (χ1) is 10.5. The van der Waals surface area contributed by atoms with Crippen LogP contribution < -0.4 is 10.6 Å². The number of halogens is 2. The summed E-state index contributed by atoms with van der Waals surface area (Å²) in [5.41, 5.74) is 0.195. The van der Waals surface area contributed by atoms with Gasteiger partial charge in [-0.3, -0.25) is 4.99 Å². The number of nitrogens with one attached hydrogen (secondary N) is 2. The van der Waals surface area contributed by atoms with Crippen molar-refractivity contribution in [1.29, 1.82) is 0 Å². The van der Waals surface area contributed by atoms with Gasteiger partial charge < -0.3 is 15.4 Å². The topological polar surface area (TPSA) is 45.7 Å². The van der Waals surface area contributed by atoms with Crippen LogP contribution in [0.4, 0.5) is 8.78 Å². The van der Waals surface area contributed by atoms with Crippen molar-refractivity contribution >= 4 is 5.96 Å². The number of hydrogen-bond acceptors (Lipinski definition) is 2. The van der Waals surface area contributed by atoms with Crippen molar-refractivity contribution in [3.05, 3.63) is 35.4 Å². The highest BCUT2D eigenvalue weighted by Gasteiger charge is 2.29. The quantitative estimate of drug-likeness (QED) is 0.647. The Morgan fingerprint density at radius 2 is 2.18 bits per heavy atom. The predicted molar refractivity (Wildman–Crippen MR) is 83.0 cm³/mol. The number of benzene rings is 1. The standard InChI is InChI=1S/C16H23F2N3O/c1-16(8-4-10-22-16)11-21-15(19-2)20-9-7-12-5-3-6-13(17)14(12)18/h3,5-6H,4,7-11H2,1-2H3,(H2,19,20,21). The Morgan fingerprint density at radius 3 is 2.86 bits per heavy atom. The molecule has 0 radical (unpaired) electrons. The molecule has 1 aromatic carbocycles. The van der Waals surface area contributed by atoms with E-state index in [1.165, 1.54) is 6.07 Å². The van der Waals surface area contributed by atoms with Gasteiger partial charge >= 0.3 is 0 Å². The summed E-state index contributed by atoms with van der Waals surface area (Å²) in [6.45, 7) is 4.00. The van der Waals surface area contributed by atoms with E-state index >= 15 is 0 Å². The van der Waals surface area contributed by atoms with Crippen LogP contribution in [0, 0.1) is 11.6 Å². The van der Waals surface area contributed by atoms with Crippen molar-refractivity contribution in [3.63, 3.8) is 0 Å². The van der Waals surface area contributed by atoms with Crippen molar-refractivity contribution in [1.82, 2.24) is 10.6 Å². The van der Waals surface area contributed by atoms with Crippen LogP contribution in [0.5, 0.6) is 0 Å². The molecular formula is C16H23F2N3O. The lowest BCUT2D eigenvalue weighted by Gasteiger charge is -2.24. The second kappa shape index (κ2) is 7.54. The van der Waals surface area contributed by atoms with Crippen LogP contribution in [0.3, 0.4) is 0 Å². The Hall–Kier alpha value is -1.69. The lowest BCUT2D eigenvalue weighted by molar-refractivity contribution is 0.0243. The minimum Gasteiger partial charge on any atom is -0.373 e. The molecule has 1 saturated heterocycles. The average molecular weight is 311 g/mol. The zero-order valence-corrected chi connectivity index (χ0v) is 13.1. The van der Waals surface area contributed by atoms with Crippen LogP contribution in [0.15, 0.2) is 23.2 Å². The molecule has 6 heteroatoms. The molecule has 1 aliphatic heterocycles. The van der Waals surface area contributed by atoms with E-state index in [2.05, 4.69) is 22.5 Å². The molecule has 1 fully saturated rings. The maximum Gasteiger partial charge on any atom is 0.191 e. The summed E-state index contributed by atoms with van der Waals surface area (Å²) >= 11 is 0. The molecule has 1 atom stereocenters. The average Bonchev–Trinajstić information content (AvgIpc) is 2.94. The fourth-order valence-electron chi connectivity index (χ4n) is 2.52. The third-order valence-electron chi connectivity index (χ3n) is 3.87. The van der Waals surface area contributed by atoms with Crippen molar-refractivity contribution in [3.8, 4) is 0 Å². The van der Waals surface area contributed by atoms with E-state index in [9.17, 15) is 8.78 Å². The summed E-state index contributed by atoms with van der Waals surface area (Å²) in [7, 11) is 1.68. The second-order valence-electron chi connectivity index (χ2n) is 5.72. The van der Waals surface area contributed by atoms with Gasteiger partial charge in [0, 0.05) is 26.7 Å². The van der Waals surface area contributed by atoms with E-state index in [1.807, 2.05) is 0 Å². The van der Waals surface area contributed by atoms with E-state index in [0.29, 0.717) is 31.0 Å². The van der Waals surface area contributed by atoms with E-state index in [4.69, 9.17) is 4.74 Å². The van der Waals surface area contributed by atoms with Gasteiger partial charge in [-0.15, -0.1) is 0 Å². The van der Waals surface area contributed by atoms with Gasteiger partial charge in [-0.25, -0.2) is 8.78 Å². The van der Waals surface area contributed by atoms with Gasteiger partial charge in [0.05, 0.1) is 5.60 Å². The molecule has 0 amide bonds. The number of ether oxygens (including phenoxy) is 1. The van der Waals surface area contributed by atoms with Gasteiger partial charge in [0.15, 0.2) is 17.6 Å². The molecule has 1 aromatic rings. The maximum absolute atomic E-state index is 13.5. The SMILES string of the molecule is CN=C(NCCc1cccc(F)c1F)NCC1(C)CCCO1. The van der Waals surface area contributed by atoms with Crippen molar-refractivity contribution < 1.29 is 13.5 Å². The van der Waals surface area contributed by atoms with Crippen molar-refractivity contribution in [2.75, 3.05) is 26.7 Å². The van der Waals surface area contributed by atoms with Crippen LogP contribution in [-0.4, -0.2) is 38.3 Å². The van der Waals surface area contributed by atoms with Crippen LogP contribution in [-0.2, 0) is 11.2 Å². The zero-order chi connectivity index (χ0) is 16.0. The molecule has 1 aliphatic rings. The molecule has 22 heavy (non-hydrogen) atoms. The Labute approximate surface area is 130 Å². The number of rotatable bonds is 5. The summed E-state index contributed by atoms with van der Waals surface area (Å²) in [5.74, 6) is -0.959. The summed E-state index contributed by atoms with van der Waals surface area (Å²) in [6, 6.07) is 4.22. The highest BCUT2D eigenvalue weighted by molar-refractivity contribution is 5.79. The third kappa shape index (κ3) is 4.40. The lowest BCUT2D eigenvalue weighted by atomic mass is 10.0. The minimum atomic E-state index is -0.814. The summed E-state index contributed by atoms with van der Waals surface area (Å²) in [6.07, 6.45) is 2.48. The molecular weight excluding hydrogens is 288 g/mol. The van der Waals surface area contributed by atoms with Gasteiger partial charge in [-0.05, 0) is 37.8 Å². The molecule has 4 nitrogen and oxygen atoms in total. The fraction of sp³-hybridized carbons (Fsp3) is 0.562. The second-order valence-corrected chi connectivity index (χ2v) is 5.72. The van der Waals surface area contributed by atoms with E-state index in [1.54, 1.807) is 13.1 Å². The molecule has 2 N–H and O–H groups in total. The lowest BCUT2D eigenvalue weighted by Crippen LogP contribution is -2.46. The Balaban J connectivity index is 1.78. The van der Waals surface area contributed by atoms with E-state index in [0.717, 1.165) is 25.5 Å². The highest BCUT2D eigenvalue weighted by Crippen LogP contribution is 2.23. The summed E-state index contributed by atoms with van der Waals surface area (Å²) in [4.78, 5) is 4.12. The minimum absolute atomic E-state index is 0.160. The number of hydrogen-bond donors (Lipinski definition) is 2. The van der Waals surface area contributed by atoms with Gasteiger partial charge in [0.1, 0.15) is 0 Å². The van der Waals surface area contributed by atoms with Gasteiger partial charge in [0.25, 0.3) is 0 Å². The Morgan fingerprint density at radius 1 is 1.36 bits per heavy atom. The van der Waals surface area contributed by atoms with Gasteiger partial charge in [0.2, 0.25) is 0 Å². The molecule has 0 bridgehead atoms. The van der Waals surface area contributed by atoms with Gasteiger partial charge in [-0.2, -0.15) is 0 Å². The van der Waals surface area contributed by atoms with E-state index < -0.39 is 11.6 Å². The normalized spacial score (nSPS) is 21.9. The first kappa shape index (κ1) is 16.7. The van der Waals surface area contributed by atoms with Crippen LogP contribution in [0.1, 0.15) is 25.3 Å². The Bertz CT molecular complexity index is 528. The smallest absolute Gasteiger partial charge is 0.191 e. The molecule has 0 spiro atoms. The number of guanidine groups is 1. The molecule has 0 aromatic heterocycles. The van der Waals surface area contributed by atoms with Crippen LogP contribution in [0.25, 0.3) is 0 Å². The molecule has 2 rings (SSSR count). The molecule has 0 saturated carbocycles. The van der Waals surface area contributed by atoms with Crippen LogP contribution >= 0.6 is 0 Å². The van der Waals surface area contributed by atoms with E-state index in [-0.39, 0.29) is 5.60 Å². The first-order valence-corrected chi connectivity index (χ1v) is 7.55. The van der Waals surface area contributed by atoms with Crippen LogP contribution in [0.2, 0.25) is 0 Å². The fourth-order valence-corrected chi connectivity index (χ4v) is 2.52. The van der Waals surface area contributed by atoms with Crippen molar-refractivity contribution in [2.45, 2.75) is 31.8 Å². The number of aliphatic imine (C=N–C) groups is 1. The zero-order valence-electron chi connectivity index (χ0n) is 13.1. The number of nitrogens with zero attached hydrogens (tertiary/aromatic N) is 1. The molecule has 0 aliphatic carbocycles. The summed E-state index contributed by atoms with van der Waals surface area (Å²) < 4.78 is 32.4. The predicted octanol–water partition coefficient (Wildman–Crippen LogP) is 2.24. The molecule has 1 unspecified atom stereocenters. The monoisotopic (exact) mass is 311 g/mol. The largest absolute Gasteiger partial charge is 0.373 e. The molecule has 1 heterocycles. The first-order valence-electron chi connectivity index (χ1n) is 7.55. The maximum atomic E-state index is 13.5. The van der Waals surface area contributed by atoms with Gasteiger partial charge in [-0.1, -0.05) is 12.1 Å². The Kier molecular flexibility index (Phi) is 5.71. The third-order valence-corrected chi connectivity index (χ3v) is 3.87. The highest BCUT2D eigenvalue weighted by atomic mass is 19.2. The van der Waals surface area contributed by atoms with Crippen molar-refractivity contribution in [2.24, 2.45) is 4.99 Å². The summed E-state index contributed by atoms with van der Waals surface area (Å²) in [5, 5.41) is 6.31.